The van der Waals surface area contributed by atoms with E-state index in [0.29, 0.717) is 39.1 Å². The van der Waals surface area contributed by atoms with Gasteiger partial charge in [0, 0.05) is 51.7 Å². The number of nitrogens with one attached hydrogen (secondary N) is 4. The van der Waals surface area contributed by atoms with Crippen LogP contribution < -0.4 is 21.3 Å². The molecule has 0 spiro atoms. The fraction of sp³-hybridized carbons (Fsp3) is 0.0588. The summed E-state index contributed by atoms with van der Waals surface area (Å²) in [7, 11) is 1.59. The number of nitrogens with zero attached hydrogens (tertiary/aromatic N) is 3. The van der Waals surface area contributed by atoms with E-state index in [1.165, 1.54) is 23.7 Å². The van der Waals surface area contributed by atoms with Crippen LogP contribution in [0.3, 0.4) is 0 Å². The Balaban J connectivity index is 1.12. The van der Waals surface area contributed by atoms with Crippen LogP contribution in [0.5, 0.6) is 0 Å². The number of carbonyl (C=O) groups excluding carboxylic acids is 3. The number of hydrogen-bond donors (Lipinski definition) is 4. The number of rotatable bonds is 9. The lowest BCUT2D eigenvalue weighted by atomic mass is 10.1. The molecule has 0 aliphatic rings. The fourth-order valence-electron chi connectivity index (χ4n) is 4.51. The highest BCUT2D eigenvalue weighted by atomic mass is 32.1. The number of pyridine rings is 1. The van der Waals surface area contributed by atoms with E-state index in [1.807, 2.05) is 48.7 Å². The summed E-state index contributed by atoms with van der Waals surface area (Å²) in [6.45, 7) is 1.93. The zero-order valence-corrected chi connectivity index (χ0v) is 26.3. The first-order valence-corrected chi connectivity index (χ1v) is 15.8. The maximum absolute atomic E-state index is 13.2. The lowest BCUT2D eigenvalue weighted by molar-refractivity contribution is 0.0961. The van der Waals surface area contributed by atoms with Gasteiger partial charge in [-0.25, -0.2) is 9.97 Å². The molecule has 3 amide bonds. The second-order valence-electron chi connectivity index (χ2n) is 10.1. The van der Waals surface area contributed by atoms with Crippen molar-refractivity contribution < 1.29 is 14.4 Å². The predicted octanol–water partition coefficient (Wildman–Crippen LogP) is 7.24. The van der Waals surface area contributed by atoms with Crippen molar-refractivity contribution in [1.82, 2.24) is 20.3 Å². The molecule has 0 fully saturated rings. The second kappa shape index (κ2) is 13.5. The standard InChI is InChI=1S/C34H27N7O3S2/c1-20-5-10-24(17-27(20)41-34-37-14-13-26(40-34)21-6-8-22(9-7-21)31(42)35-2)38-32(43)23-16-25(19-36-18-23)39-33(44)30-12-11-29(46-30)28-4-3-15-45-28/h3-19H,1-2H3,(H,35,42)(H,38,43)(H,39,44)(H,37,40,41). The van der Waals surface area contributed by atoms with E-state index in [2.05, 4.69) is 36.2 Å². The summed E-state index contributed by atoms with van der Waals surface area (Å²) in [4.78, 5) is 53.7. The Morgan fingerprint density at radius 1 is 0.761 bits per heavy atom. The van der Waals surface area contributed by atoms with Gasteiger partial charge in [-0.1, -0.05) is 24.3 Å². The average Bonchev–Trinajstić information content (AvgIpc) is 3.80. The minimum absolute atomic E-state index is 0.160. The van der Waals surface area contributed by atoms with Crippen molar-refractivity contribution in [2.24, 2.45) is 0 Å². The van der Waals surface area contributed by atoms with E-state index in [0.717, 1.165) is 20.9 Å². The van der Waals surface area contributed by atoms with Crippen LogP contribution in [0.4, 0.5) is 23.0 Å². The lowest BCUT2D eigenvalue weighted by Crippen LogP contribution is -2.17. The minimum atomic E-state index is -0.382. The molecular weight excluding hydrogens is 619 g/mol. The normalized spacial score (nSPS) is 10.7. The maximum Gasteiger partial charge on any atom is 0.265 e. The third-order valence-corrected chi connectivity index (χ3v) is 9.07. The summed E-state index contributed by atoms with van der Waals surface area (Å²) in [5, 5.41) is 13.6. The van der Waals surface area contributed by atoms with Gasteiger partial charge in [-0.15, -0.1) is 22.7 Å². The number of aryl methyl sites for hydroxylation is 1. The molecule has 0 saturated heterocycles. The van der Waals surface area contributed by atoms with Crippen molar-refractivity contribution >= 4 is 63.4 Å². The molecule has 0 radical (unpaired) electrons. The molecule has 12 heteroatoms. The molecule has 0 atom stereocenters. The first-order chi connectivity index (χ1) is 22.4. The van der Waals surface area contributed by atoms with Crippen LogP contribution in [-0.2, 0) is 0 Å². The molecule has 0 aliphatic heterocycles. The topological polar surface area (TPSA) is 138 Å². The molecule has 4 heterocycles. The summed E-state index contributed by atoms with van der Waals surface area (Å²) in [6, 6.07) is 23.7. The molecular formula is C34H27N7O3S2. The number of hydrogen-bond acceptors (Lipinski definition) is 9. The quantitative estimate of drug-likeness (QED) is 0.130. The van der Waals surface area contributed by atoms with E-state index in [-0.39, 0.29) is 23.3 Å². The number of thiophene rings is 2. The summed E-state index contributed by atoms with van der Waals surface area (Å²) >= 11 is 3.02. The van der Waals surface area contributed by atoms with Gasteiger partial charge in [0.05, 0.1) is 28.0 Å². The molecule has 228 valence electrons. The molecule has 6 rings (SSSR count). The van der Waals surface area contributed by atoms with Crippen LogP contribution in [0.2, 0.25) is 0 Å². The van der Waals surface area contributed by atoms with Crippen molar-refractivity contribution in [3.63, 3.8) is 0 Å². The molecule has 0 unspecified atom stereocenters. The fourth-order valence-corrected chi connectivity index (χ4v) is 6.25. The highest BCUT2D eigenvalue weighted by molar-refractivity contribution is 7.22. The van der Waals surface area contributed by atoms with E-state index in [9.17, 15) is 14.4 Å². The molecule has 4 N–H and O–H groups in total. The van der Waals surface area contributed by atoms with E-state index < -0.39 is 0 Å². The molecule has 4 aromatic heterocycles. The third kappa shape index (κ3) is 6.98. The van der Waals surface area contributed by atoms with Crippen LogP contribution in [0.25, 0.3) is 21.0 Å². The summed E-state index contributed by atoms with van der Waals surface area (Å²) in [5.41, 5.74) is 4.96. The Morgan fingerprint density at radius 2 is 1.59 bits per heavy atom. The van der Waals surface area contributed by atoms with Crippen LogP contribution in [-0.4, -0.2) is 39.7 Å². The van der Waals surface area contributed by atoms with Crippen molar-refractivity contribution in [2.45, 2.75) is 6.92 Å². The van der Waals surface area contributed by atoms with Crippen LogP contribution in [0.15, 0.2) is 103 Å². The van der Waals surface area contributed by atoms with Crippen molar-refractivity contribution in [1.29, 1.82) is 0 Å². The van der Waals surface area contributed by atoms with Crippen molar-refractivity contribution in [2.75, 3.05) is 23.0 Å². The van der Waals surface area contributed by atoms with Crippen molar-refractivity contribution in [3.05, 3.63) is 124 Å². The Bertz CT molecular complexity index is 2040. The Morgan fingerprint density at radius 3 is 2.37 bits per heavy atom. The van der Waals surface area contributed by atoms with Crippen LogP contribution in [0.1, 0.15) is 36.0 Å². The maximum atomic E-state index is 13.2. The van der Waals surface area contributed by atoms with Gasteiger partial charge >= 0.3 is 0 Å². The smallest absolute Gasteiger partial charge is 0.265 e. The third-order valence-electron chi connectivity index (χ3n) is 6.92. The summed E-state index contributed by atoms with van der Waals surface area (Å²) in [6.07, 6.45) is 4.60. The molecule has 2 aromatic carbocycles. The number of carbonyl (C=O) groups is 3. The highest BCUT2D eigenvalue weighted by Crippen LogP contribution is 2.32. The highest BCUT2D eigenvalue weighted by Gasteiger charge is 2.14. The van der Waals surface area contributed by atoms with Gasteiger partial charge in [-0.2, -0.15) is 0 Å². The molecule has 0 saturated carbocycles. The largest absolute Gasteiger partial charge is 0.355 e. The summed E-state index contributed by atoms with van der Waals surface area (Å²) in [5.74, 6) is -0.436. The predicted molar refractivity (Wildman–Crippen MR) is 183 cm³/mol. The number of benzene rings is 2. The average molecular weight is 646 g/mol. The second-order valence-corrected chi connectivity index (χ2v) is 12.1. The van der Waals surface area contributed by atoms with E-state index >= 15 is 0 Å². The number of aromatic nitrogens is 3. The summed E-state index contributed by atoms with van der Waals surface area (Å²) < 4.78 is 0. The van der Waals surface area contributed by atoms with E-state index in [1.54, 1.807) is 67.0 Å². The molecule has 0 bridgehead atoms. The van der Waals surface area contributed by atoms with Gasteiger partial charge in [0.1, 0.15) is 0 Å². The Labute approximate surface area is 272 Å². The van der Waals surface area contributed by atoms with Gasteiger partial charge < -0.3 is 21.3 Å². The van der Waals surface area contributed by atoms with Gasteiger partial charge in [0.15, 0.2) is 0 Å². The SMILES string of the molecule is CNC(=O)c1ccc(-c2ccnc(Nc3cc(NC(=O)c4cncc(NC(=O)c5ccc(-c6cccs6)s5)c4)ccc3C)n2)cc1. The lowest BCUT2D eigenvalue weighted by Gasteiger charge is -2.12. The van der Waals surface area contributed by atoms with Crippen molar-refractivity contribution in [3.8, 4) is 21.0 Å². The van der Waals surface area contributed by atoms with Crippen LogP contribution >= 0.6 is 22.7 Å². The van der Waals surface area contributed by atoms with Gasteiger partial charge in [0.25, 0.3) is 17.7 Å². The van der Waals surface area contributed by atoms with Gasteiger partial charge in [-0.3, -0.25) is 19.4 Å². The van der Waals surface area contributed by atoms with Gasteiger partial charge in [0.2, 0.25) is 5.95 Å². The first kappa shape index (κ1) is 30.3. The molecule has 46 heavy (non-hydrogen) atoms. The molecule has 0 aliphatic carbocycles. The number of amides is 3. The first-order valence-electron chi connectivity index (χ1n) is 14.1. The molecule has 6 aromatic rings. The Hall–Kier alpha value is -5.72. The van der Waals surface area contributed by atoms with Gasteiger partial charge in [-0.05, 0) is 72.5 Å². The Kier molecular flexibility index (Phi) is 8.90. The monoisotopic (exact) mass is 645 g/mol. The molecule has 10 nitrogen and oxygen atoms in total. The zero-order valence-electron chi connectivity index (χ0n) is 24.7. The zero-order chi connectivity index (χ0) is 32.0. The minimum Gasteiger partial charge on any atom is -0.355 e. The van der Waals surface area contributed by atoms with E-state index in [4.69, 9.17) is 0 Å². The van der Waals surface area contributed by atoms with Crippen LogP contribution in [0, 0.1) is 6.92 Å². The number of anilines is 4.